The van der Waals surface area contributed by atoms with Gasteiger partial charge in [0.1, 0.15) is 0 Å². The second-order valence-corrected chi connectivity index (χ2v) is 6.44. The van der Waals surface area contributed by atoms with E-state index in [0.29, 0.717) is 6.54 Å². The Morgan fingerprint density at radius 2 is 2.00 bits per heavy atom. The summed E-state index contributed by atoms with van der Waals surface area (Å²) in [7, 11) is 0. The highest BCUT2D eigenvalue weighted by molar-refractivity contribution is 14.0. The number of halogens is 2. The smallest absolute Gasteiger partial charge is 0.191 e. The molecule has 136 valence electrons. The third-order valence-electron chi connectivity index (χ3n) is 4.05. The number of benzene rings is 1. The summed E-state index contributed by atoms with van der Waals surface area (Å²) in [6, 6.07) is 7.87. The van der Waals surface area contributed by atoms with Gasteiger partial charge in [-0.25, -0.2) is 4.99 Å². The van der Waals surface area contributed by atoms with Crippen molar-refractivity contribution in [1.82, 2.24) is 15.5 Å². The molecule has 1 aromatic rings. The van der Waals surface area contributed by atoms with Gasteiger partial charge in [0.25, 0.3) is 0 Å². The number of guanidine groups is 1. The summed E-state index contributed by atoms with van der Waals surface area (Å²) < 4.78 is 0. The fraction of sp³-hybridized carbons (Fsp3) is 0.611. The van der Waals surface area contributed by atoms with Gasteiger partial charge in [-0.3, -0.25) is 0 Å². The summed E-state index contributed by atoms with van der Waals surface area (Å²) in [4.78, 5) is 7.19. The van der Waals surface area contributed by atoms with E-state index in [-0.39, 0.29) is 24.0 Å². The molecule has 1 saturated heterocycles. The van der Waals surface area contributed by atoms with Gasteiger partial charge in [-0.15, -0.1) is 24.0 Å². The van der Waals surface area contributed by atoms with Gasteiger partial charge in [-0.1, -0.05) is 23.7 Å². The van der Waals surface area contributed by atoms with Crippen LogP contribution in [-0.4, -0.2) is 43.6 Å². The molecule has 1 fully saturated rings. The van der Waals surface area contributed by atoms with Crippen LogP contribution in [0.3, 0.4) is 0 Å². The zero-order valence-electron chi connectivity index (χ0n) is 14.6. The second-order valence-electron chi connectivity index (χ2n) is 6.01. The van der Waals surface area contributed by atoms with E-state index < -0.39 is 0 Å². The van der Waals surface area contributed by atoms with Crippen LogP contribution < -0.4 is 10.6 Å². The van der Waals surface area contributed by atoms with Gasteiger partial charge >= 0.3 is 0 Å². The predicted molar refractivity (Wildman–Crippen MR) is 115 cm³/mol. The van der Waals surface area contributed by atoms with Crippen LogP contribution in [0.2, 0.25) is 5.02 Å². The van der Waals surface area contributed by atoms with Crippen LogP contribution in [0.25, 0.3) is 0 Å². The largest absolute Gasteiger partial charge is 0.357 e. The maximum atomic E-state index is 6.01. The van der Waals surface area contributed by atoms with Crippen molar-refractivity contribution < 1.29 is 0 Å². The number of nitrogens with zero attached hydrogens (tertiary/aromatic N) is 2. The first-order chi connectivity index (χ1) is 11.3. The van der Waals surface area contributed by atoms with Gasteiger partial charge < -0.3 is 15.5 Å². The van der Waals surface area contributed by atoms with Crippen molar-refractivity contribution in [2.75, 3.05) is 32.7 Å². The van der Waals surface area contributed by atoms with E-state index >= 15 is 0 Å². The molecule has 0 unspecified atom stereocenters. The van der Waals surface area contributed by atoms with Gasteiger partial charge in [-0.2, -0.15) is 0 Å². The van der Waals surface area contributed by atoms with Crippen LogP contribution in [0.1, 0.15) is 38.2 Å². The maximum absolute atomic E-state index is 6.01. The van der Waals surface area contributed by atoms with Gasteiger partial charge in [-0.05, 0) is 69.9 Å². The molecule has 24 heavy (non-hydrogen) atoms. The van der Waals surface area contributed by atoms with Gasteiger partial charge in [0.2, 0.25) is 0 Å². The van der Waals surface area contributed by atoms with Crippen LogP contribution in [0, 0.1) is 0 Å². The Balaban J connectivity index is 0.00000288. The van der Waals surface area contributed by atoms with E-state index in [1.165, 1.54) is 45.3 Å². The molecule has 6 heteroatoms. The minimum absolute atomic E-state index is 0. The molecule has 1 heterocycles. The van der Waals surface area contributed by atoms with Crippen molar-refractivity contribution >= 4 is 41.5 Å². The Kier molecular flexibility index (Phi) is 11.5. The molecule has 2 N–H and O–H groups in total. The molecule has 0 aromatic heterocycles. The first-order valence-electron chi connectivity index (χ1n) is 8.77. The summed E-state index contributed by atoms with van der Waals surface area (Å²) in [6.07, 6.45) is 5.18. The Hall–Kier alpha value is -0.530. The van der Waals surface area contributed by atoms with Crippen molar-refractivity contribution in [3.05, 3.63) is 34.9 Å². The van der Waals surface area contributed by atoms with E-state index in [4.69, 9.17) is 11.6 Å². The molecule has 0 atom stereocenters. The highest BCUT2D eigenvalue weighted by atomic mass is 127. The van der Waals surface area contributed by atoms with Crippen molar-refractivity contribution in [2.45, 2.75) is 39.2 Å². The lowest BCUT2D eigenvalue weighted by Crippen LogP contribution is -2.38. The third-order valence-corrected chi connectivity index (χ3v) is 4.28. The number of aliphatic imine (C=N–C) groups is 1. The quantitative estimate of drug-likeness (QED) is 0.265. The van der Waals surface area contributed by atoms with E-state index in [9.17, 15) is 0 Å². The predicted octanol–water partition coefficient (Wildman–Crippen LogP) is 3.89. The Labute approximate surface area is 168 Å². The lowest BCUT2D eigenvalue weighted by Gasteiger charge is -2.15. The van der Waals surface area contributed by atoms with E-state index in [0.717, 1.165) is 29.6 Å². The fourth-order valence-electron chi connectivity index (χ4n) is 2.82. The SMILES string of the molecule is CCNC(=NCc1cccc(Cl)c1)NCCCCN1CCCC1.I. The molecule has 0 aliphatic carbocycles. The first-order valence-corrected chi connectivity index (χ1v) is 9.14. The Morgan fingerprint density at radius 3 is 2.71 bits per heavy atom. The number of hydrogen-bond donors (Lipinski definition) is 2. The van der Waals surface area contributed by atoms with Gasteiger partial charge in [0.05, 0.1) is 6.54 Å². The Bertz CT molecular complexity index is 490. The minimum Gasteiger partial charge on any atom is -0.357 e. The first kappa shape index (κ1) is 21.5. The summed E-state index contributed by atoms with van der Waals surface area (Å²) in [5, 5.41) is 7.47. The van der Waals surface area contributed by atoms with Gasteiger partial charge in [0.15, 0.2) is 5.96 Å². The molecule has 0 bridgehead atoms. The molecule has 0 saturated carbocycles. The molecule has 1 aromatic carbocycles. The standard InChI is InChI=1S/C18H29ClN4.HI/c1-2-20-18(22-15-16-8-7-9-17(19)14-16)21-10-3-4-11-23-12-5-6-13-23;/h7-9,14H,2-6,10-13,15H2,1H3,(H2,20,21,22);1H. The van der Waals surface area contributed by atoms with Crippen LogP contribution in [-0.2, 0) is 6.54 Å². The van der Waals surface area contributed by atoms with Gasteiger partial charge in [0, 0.05) is 18.1 Å². The molecule has 0 radical (unpaired) electrons. The molecular formula is C18H30ClIN4. The molecule has 4 nitrogen and oxygen atoms in total. The van der Waals surface area contributed by atoms with Crippen LogP contribution in [0.15, 0.2) is 29.3 Å². The number of rotatable bonds is 8. The summed E-state index contributed by atoms with van der Waals surface area (Å²) in [6.45, 7) is 8.38. The molecule has 0 spiro atoms. The minimum atomic E-state index is 0. The highest BCUT2D eigenvalue weighted by Gasteiger charge is 2.09. The molecule has 1 aliphatic rings. The topological polar surface area (TPSA) is 39.7 Å². The fourth-order valence-corrected chi connectivity index (χ4v) is 3.03. The maximum Gasteiger partial charge on any atom is 0.191 e. The third kappa shape index (κ3) is 8.53. The van der Waals surface area contributed by atoms with Crippen LogP contribution in [0.4, 0.5) is 0 Å². The molecule has 2 rings (SSSR count). The number of unbranched alkanes of at least 4 members (excludes halogenated alkanes) is 1. The summed E-state index contributed by atoms with van der Waals surface area (Å²) in [5.74, 6) is 0.883. The average Bonchev–Trinajstić information content (AvgIpc) is 3.05. The average molecular weight is 465 g/mol. The van der Waals surface area contributed by atoms with Crippen molar-refractivity contribution in [2.24, 2.45) is 4.99 Å². The highest BCUT2D eigenvalue weighted by Crippen LogP contribution is 2.11. The normalized spacial score (nSPS) is 15.2. The van der Waals surface area contributed by atoms with Crippen LogP contribution in [0.5, 0.6) is 0 Å². The van der Waals surface area contributed by atoms with Crippen molar-refractivity contribution in [3.63, 3.8) is 0 Å². The van der Waals surface area contributed by atoms with Crippen molar-refractivity contribution in [1.29, 1.82) is 0 Å². The molecular weight excluding hydrogens is 435 g/mol. The lowest BCUT2D eigenvalue weighted by molar-refractivity contribution is 0.330. The summed E-state index contributed by atoms with van der Waals surface area (Å²) in [5.41, 5.74) is 1.13. The second kappa shape index (κ2) is 12.8. The van der Waals surface area contributed by atoms with E-state index in [2.05, 4.69) is 33.5 Å². The lowest BCUT2D eigenvalue weighted by atomic mass is 10.2. The zero-order chi connectivity index (χ0) is 16.3. The Morgan fingerprint density at radius 1 is 1.21 bits per heavy atom. The monoisotopic (exact) mass is 464 g/mol. The van der Waals surface area contributed by atoms with Crippen LogP contribution >= 0.6 is 35.6 Å². The number of nitrogens with one attached hydrogen (secondary N) is 2. The van der Waals surface area contributed by atoms with E-state index in [1.54, 1.807) is 0 Å². The van der Waals surface area contributed by atoms with Crippen molar-refractivity contribution in [3.8, 4) is 0 Å². The summed E-state index contributed by atoms with van der Waals surface area (Å²) >= 11 is 6.01. The molecule has 1 aliphatic heterocycles. The molecule has 0 amide bonds. The number of hydrogen-bond acceptors (Lipinski definition) is 2. The number of likely N-dealkylation sites (tertiary alicyclic amines) is 1. The van der Waals surface area contributed by atoms with E-state index in [1.807, 2.05) is 18.2 Å². The zero-order valence-corrected chi connectivity index (χ0v) is 17.6.